The van der Waals surface area contributed by atoms with Gasteiger partial charge in [0.25, 0.3) is 0 Å². The molecule has 0 spiro atoms. The number of rotatable bonds is 7. The van der Waals surface area contributed by atoms with E-state index >= 15 is 0 Å². The van der Waals surface area contributed by atoms with Crippen LogP contribution in [0.4, 0.5) is 0 Å². The van der Waals surface area contributed by atoms with Crippen LogP contribution in [0, 0.1) is 5.92 Å². The van der Waals surface area contributed by atoms with Crippen molar-refractivity contribution < 1.29 is 0 Å². The van der Waals surface area contributed by atoms with Gasteiger partial charge >= 0.3 is 0 Å². The molecule has 2 atom stereocenters. The number of halogens is 1. The van der Waals surface area contributed by atoms with Crippen molar-refractivity contribution in [3.05, 3.63) is 29.0 Å². The van der Waals surface area contributed by atoms with Crippen LogP contribution in [0.25, 0.3) is 0 Å². The molecule has 3 heteroatoms. The fourth-order valence-corrected chi connectivity index (χ4v) is 2.09. The smallest absolute Gasteiger partial charge is 0.0759 e. The lowest BCUT2D eigenvalue weighted by Crippen LogP contribution is -2.25. The lowest BCUT2D eigenvalue weighted by Gasteiger charge is -2.22. The van der Waals surface area contributed by atoms with Crippen LogP contribution >= 0.6 is 11.6 Å². The Kier molecular flexibility index (Phi) is 6.53. The van der Waals surface area contributed by atoms with Crippen LogP contribution in [0.2, 0.25) is 5.02 Å². The van der Waals surface area contributed by atoms with Gasteiger partial charge in [0.05, 0.1) is 16.8 Å². The van der Waals surface area contributed by atoms with E-state index < -0.39 is 0 Å². The molecule has 1 aromatic heterocycles. The Hall–Kier alpha value is -0.600. The molecule has 0 saturated heterocycles. The van der Waals surface area contributed by atoms with Crippen LogP contribution in [-0.2, 0) is 0 Å². The first-order chi connectivity index (χ1) is 8.19. The first-order valence-electron chi connectivity index (χ1n) is 6.52. The Bertz CT molecular complexity index is 328. The molecule has 17 heavy (non-hydrogen) atoms. The van der Waals surface area contributed by atoms with Crippen LogP contribution in [0.15, 0.2) is 18.3 Å². The minimum Gasteiger partial charge on any atom is -0.309 e. The fraction of sp³-hybridized carbons (Fsp3) is 0.643. The number of hydrogen-bond donors (Lipinski definition) is 1. The summed E-state index contributed by atoms with van der Waals surface area (Å²) in [5, 5.41) is 4.31. The molecule has 0 aliphatic carbocycles. The van der Waals surface area contributed by atoms with Crippen LogP contribution in [0.1, 0.15) is 51.8 Å². The van der Waals surface area contributed by atoms with Gasteiger partial charge in [-0.1, -0.05) is 38.8 Å². The standard InChI is InChI=1S/C14H23ClN2/c1-4-8-16-13(10-11(3)5-2)14-12(15)7-6-9-17-14/h6-7,9,11,13,16H,4-5,8,10H2,1-3H3. The number of aromatic nitrogens is 1. The molecule has 0 saturated carbocycles. The van der Waals surface area contributed by atoms with Gasteiger partial charge in [0.15, 0.2) is 0 Å². The zero-order valence-electron chi connectivity index (χ0n) is 11.0. The normalized spacial score (nSPS) is 14.6. The first kappa shape index (κ1) is 14.5. The third-order valence-corrected chi connectivity index (χ3v) is 3.41. The molecular formula is C14H23ClN2. The molecule has 1 N–H and O–H groups in total. The SMILES string of the molecule is CCCNC(CC(C)CC)c1ncccc1Cl. The predicted molar refractivity (Wildman–Crippen MR) is 74.4 cm³/mol. The lowest BCUT2D eigenvalue weighted by molar-refractivity contribution is 0.396. The number of nitrogens with one attached hydrogen (secondary N) is 1. The Morgan fingerprint density at radius 2 is 2.18 bits per heavy atom. The quantitative estimate of drug-likeness (QED) is 0.788. The summed E-state index contributed by atoms with van der Waals surface area (Å²) in [6.07, 6.45) is 5.22. The molecular weight excluding hydrogens is 232 g/mol. The van der Waals surface area contributed by atoms with E-state index in [0.29, 0.717) is 5.92 Å². The third-order valence-electron chi connectivity index (χ3n) is 3.09. The molecule has 0 radical (unpaired) electrons. The monoisotopic (exact) mass is 254 g/mol. The van der Waals surface area contributed by atoms with Gasteiger partial charge < -0.3 is 5.32 Å². The highest BCUT2D eigenvalue weighted by atomic mass is 35.5. The van der Waals surface area contributed by atoms with Crippen molar-refractivity contribution in [1.82, 2.24) is 10.3 Å². The van der Waals surface area contributed by atoms with Crippen LogP contribution in [-0.4, -0.2) is 11.5 Å². The maximum Gasteiger partial charge on any atom is 0.0759 e. The molecule has 0 aromatic carbocycles. The lowest BCUT2D eigenvalue weighted by atomic mass is 9.97. The van der Waals surface area contributed by atoms with Crippen molar-refractivity contribution in [3.63, 3.8) is 0 Å². The van der Waals surface area contributed by atoms with Crippen molar-refractivity contribution in [1.29, 1.82) is 0 Å². The van der Waals surface area contributed by atoms with E-state index in [0.717, 1.165) is 30.1 Å². The summed E-state index contributed by atoms with van der Waals surface area (Å²) in [7, 11) is 0. The zero-order chi connectivity index (χ0) is 12.7. The molecule has 0 aliphatic heterocycles. The summed E-state index contributed by atoms with van der Waals surface area (Å²) in [6.45, 7) is 7.68. The first-order valence-corrected chi connectivity index (χ1v) is 6.90. The van der Waals surface area contributed by atoms with Gasteiger partial charge in [0, 0.05) is 6.20 Å². The maximum atomic E-state index is 6.22. The summed E-state index contributed by atoms with van der Waals surface area (Å²) < 4.78 is 0. The minimum atomic E-state index is 0.276. The van der Waals surface area contributed by atoms with Gasteiger partial charge in [0.2, 0.25) is 0 Å². The number of nitrogens with zero attached hydrogens (tertiary/aromatic N) is 1. The third kappa shape index (κ3) is 4.64. The number of pyridine rings is 1. The van der Waals surface area contributed by atoms with Gasteiger partial charge in [-0.3, -0.25) is 4.98 Å². The average molecular weight is 255 g/mol. The van der Waals surface area contributed by atoms with Crippen molar-refractivity contribution in [2.24, 2.45) is 5.92 Å². The second kappa shape index (κ2) is 7.67. The van der Waals surface area contributed by atoms with Gasteiger partial charge in [0.1, 0.15) is 0 Å². The summed E-state index contributed by atoms with van der Waals surface area (Å²) in [5.74, 6) is 0.683. The topological polar surface area (TPSA) is 24.9 Å². The molecule has 1 aromatic rings. The van der Waals surface area contributed by atoms with Crippen LogP contribution < -0.4 is 5.32 Å². The van der Waals surface area contributed by atoms with Crippen LogP contribution in [0.5, 0.6) is 0 Å². The second-order valence-corrected chi connectivity index (χ2v) is 5.03. The molecule has 2 nitrogen and oxygen atoms in total. The van der Waals surface area contributed by atoms with E-state index in [9.17, 15) is 0 Å². The van der Waals surface area contributed by atoms with E-state index in [2.05, 4.69) is 31.1 Å². The van der Waals surface area contributed by atoms with Crippen molar-refractivity contribution >= 4 is 11.6 Å². The molecule has 96 valence electrons. The van der Waals surface area contributed by atoms with Gasteiger partial charge in [-0.05, 0) is 37.4 Å². The average Bonchev–Trinajstić information content (AvgIpc) is 2.35. The van der Waals surface area contributed by atoms with E-state index in [1.54, 1.807) is 0 Å². The van der Waals surface area contributed by atoms with Crippen LogP contribution in [0.3, 0.4) is 0 Å². The van der Waals surface area contributed by atoms with Crippen molar-refractivity contribution in [2.75, 3.05) is 6.54 Å². The van der Waals surface area contributed by atoms with Crippen molar-refractivity contribution in [3.8, 4) is 0 Å². The van der Waals surface area contributed by atoms with E-state index in [1.807, 2.05) is 18.3 Å². The van der Waals surface area contributed by atoms with E-state index in [-0.39, 0.29) is 6.04 Å². The Labute approximate surface area is 110 Å². The summed E-state index contributed by atoms with van der Waals surface area (Å²) in [4.78, 5) is 4.42. The molecule has 0 bridgehead atoms. The molecule has 0 aliphatic rings. The summed E-state index contributed by atoms with van der Waals surface area (Å²) in [6, 6.07) is 4.08. The molecule has 2 unspecified atom stereocenters. The van der Waals surface area contributed by atoms with E-state index in [4.69, 9.17) is 11.6 Å². The highest BCUT2D eigenvalue weighted by Crippen LogP contribution is 2.26. The van der Waals surface area contributed by atoms with Crippen molar-refractivity contribution in [2.45, 2.75) is 46.1 Å². The Morgan fingerprint density at radius 3 is 2.76 bits per heavy atom. The fourth-order valence-electron chi connectivity index (χ4n) is 1.83. The minimum absolute atomic E-state index is 0.276. The molecule has 1 rings (SSSR count). The zero-order valence-corrected chi connectivity index (χ0v) is 11.8. The van der Waals surface area contributed by atoms with Gasteiger partial charge in [-0.15, -0.1) is 0 Å². The maximum absolute atomic E-state index is 6.22. The number of hydrogen-bond acceptors (Lipinski definition) is 2. The highest BCUT2D eigenvalue weighted by Gasteiger charge is 2.17. The van der Waals surface area contributed by atoms with Gasteiger partial charge in [-0.25, -0.2) is 0 Å². The largest absolute Gasteiger partial charge is 0.309 e. The summed E-state index contributed by atoms with van der Waals surface area (Å²) >= 11 is 6.22. The molecule has 1 heterocycles. The summed E-state index contributed by atoms with van der Waals surface area (Å²) in [5.41, 5.74) is 0.989. The highest BCUT2D eigenvalue weighted by molar-refractivity contribution is 6.31. The Balaban J connectivity index is 2.78. The Morgan fingerprint density at radius 1 is 1.41 bits per heavy atom. The van der Waals surface area contributed by atoms with Gasteiger partial charge in [-0.2, -0.15) is 0 Å². The van der Waals surface area contributed by atoms with E-state index in [1.165, 1.54) is 6.42 Å². The predicted octanol–water partition coefficient (Wildman–Crippen LogP) is 4.21. The molecule has 0 amide bonds. The second-order valence-electron chi connectivity index (χ2n) is 4.63. The molecule has 0 fully saturated rings.